The van der Waals surface area contributed by atoms with Crippen molar-refractivity contribution in [2.45, 2.75) is 31.5 Å². The van der Waals surface area contributed by atoms with Gasteiger partial charge >= 0.3 is 6.03 Å². The van der Waals surface area contributed by atoms with E-state index in [1.807, 2.05) is 6.07 Å². The van der Waals surface area contributed by atoms with E-state index >= 15 is 0 Å². The molecule has 7 nitrogen and oxygen atoms in total. The fourth-order valence-corrected chi connectivity index (χ4v) is 4.52. The molecule has 0 radical (unpaired) electrons. The molecule has 2 atom stereocenters. The number of fused-ring (bicyclic) bond motifs is 1. The first kappa shape index (κ1) is 22.6. The molecule has 2 aromatic rings. The van der Waals surface area contributed by atoms with Gasteiger partial charge in [-0.25, -0.2) is 4.79 Å². The van der Waals surface area contributed by atoms with Gasteiger partial charge in [-0.3, -0.25) is 4.79 Å². The van der Waals surface area contributed by atoms with E-state index in [-0.39, 0.29) is 18.0 Å². The first-order chi connectivity index (χ1) is 15.4. The minimum absolute atomic E-state index is 0.122. The molecule has 0 aliphatic carbocycles. The molecule has 2 aliphatic rings. The second-order valence-electron chi connectivity index (χ2n) is 8.54. The Bertz CT molecular complexity index is 997. The van der Waals surface area contributed by atoms with Crippen LogP contribution in [-0.2, 0) is 22.5 Å². The number of ether oxygens (including phenoxy) is 1. The first-order valence-corrected chi connectivity index (χ1v) is 11.2. The van der Waals surface area contributed by atoms with Gasteiger partial charge in [0, 0.05) is 56.6 Å². The number of likely N-dealkylation sites (N-methyl/N-ethyl adjacent to an activating group) is 2. The van der Waals surface area contributed by atoms with Crippen LogP contribution in [0.25, 0.3) is 0 Å². The molecule has 2 aliphatic heterocycles. The minimum Gasteiger partial charge on any atom is -0.380 e. The molecule has 8 heteroatoms. The number of carbonyl (C=O) groups excluding carboxylic acids is 2. The molecule has 2 heterocycles. The Balaban J connectivity index is 1.51. The molecule has 170 valence electrons. The number of halogens is 1. The lowest BCUT2D eigenvalue weighted by atomic mass is 9.99. The van der Waals surface area contributed by atoms with Gasteiger partial charge in [-0.1, -0.05) is 17.7 Å². The van der Waals surface area contributed by atoms with Crippen LogP contribution in [0.2, 0.25) is 5.02 Å². The quantitative estimate of drug-likeness (QED) is 0.763. The lowest BCUT2D eigenvalue weighted by molar-refractivity contribution is -0.121. The zero-order valence-corrected chi connectivity index (χ0v) is 19.4. The summed E-state index contributed by atoms with van der Waals surface area (Å²) in [7, 11) is 5.49. The van der Waals surface area contributed by atoms with E-state index in [9.17, 15) is 9.59 Å². The number of benzene rings is 2. The Kier molecular flexibility index (Phi) is 6.69. The number of carbonyl (C=O) groups is 2. The largest absolute Gasteiger partial charge is 0.380 e. The van der Waals surface area contributed by atoms with Gasteiger partial charge in [-0.2, -0.15) is 0 Å². The van der Waals surface area contributed by atoms with E-state index in [2.05, 4.69) is 29.4 Å². The van der Waals surface area contributed by atoms with Gasteiger partial charge < -0.3 is 24.8 Å². The van der Waals surface area contributed by atoms with Gasteiger partial charge in [0.25, 0.3) is 0 Å². The Morgan fingerprint density at radius 3 is 2.62 bits per heavy atom. The van der Waals surface area contributed by atoms with E-state index in [0.29, 0.717) is 23.7 Å². The Labute approximate surface area is 193 Å². The summed E-state index contributed by atoms with van der Waals surface area (Å²) < 4.78 is 5.49. The Hall–Kier alpha value is -2.61. The number of nitrogens with zero attached hydrogens (tertiary/aromatic N) is 3. The van der Waals surface area contributed by atoms with Crippen molar-refractivity contribution < 1.29 is 14.3 Å². The molecule has 0 saturated carbocycles. The maximum absolute atomic E-state index is 13.5. The van der Waals surface area contributed by atoms with Crippen LogP contribution in [0.5, 0.6) is 0 Å². The number of hydrogen-bond donors (Lipinski definition) is 1. The number of urea groups is 1. The van der Waals surface area contributed by atoms with Crippen LogP contribution in [0.1, 0.15) is 17.5 Å². The molecule has 32 heavy (non-hydrogen) atoms. The number of hydrogen-bond acceptors (Lipinski definition) is 4. The highest BCUT2D eigenvalue weighted by Crippen LogP contribution is 2.28. The van der Waals surface area contributed by atoms with Crippen molar-refractivity contribution in [3.8, 4) is 0 Å². The van der Waals surface area contributed by atoms with Gasteiger partial charge in [0.2, 0.25) is 5.91 Å². The number of anilines is 2. The fourth-order valence-electron chi connectivity index (χ4n) is 4.40. The third kappa shape index (κ3) is 4.75. The summed E-state index contributed by atoms with van der Waals surface area (Å²) in [6.45, 7) is 2.28. The third-order valence-electron chi connectivity index (χ3n) is 6.35. The molecule has 1 fully saturated rings. The summed E-state index contributed by atoms with van der Waals surface area (Å²) in [5.41, 5.74) is 4.04. The lowest BCUT2D eigenvalue weighted by Gasteiger charge is -2.30. The molecule has 0 aromatic heterocycles. The molecule has 1 unspecified atom stereocenters. The smallest absolute Gasteiger partial charge is 0.322 e. The number of rotatable bonds is 4. The lowest BCUT2D eigenvalue weighted by Crippen LogP contribution is -2.48. The van der Waals surface area contributed by atoms with Crippen molar-refractivity contribution in [1.82, 2.24) is 9.80 Å². The maximum atomic E-state index is 13.5. The number of nitrogens with one attached hydrogen (secondary N) is 1. The zero-order valence-electron chi connectivity index (χ0n) is 18.7. The van der Waals surface area contributed by atoms with Gasteiger partial charge in [-0.15, -0.1) is 0 Å². The topological polar surface area (TPSA) is 65.1 Å². The van der Waals surface area contributed by atoms with Crippen LogP contribution in [0.15, 0.2) is 42.5 Å². The predicted octanol–water partition coefficient (Wildman–Crippen LogP) is 3.61. The highest BCUT2D eigenvalue weighted by atomic mass is 35.5. The van der Waals surface area contributed by atoms with Gasteiger partial charge in [0.15, 0.2) is 0 Å². The Morgan fingerprint density at radius 1 is 1.16 bits per heavy atom. The van der Waals surface area contributed by atoms with E-state index < -0.39 is 6.04 Å². The van der Waals surface area contributed by atoms with E-state index in [4.69, 9.17) is 16.3 Å². The highest BCUT2D eigenvalue weighted by molar-refractivity contribution is 6.30. The first-order valence-electron chi connectivity index (χ1n) is 10.8. The minimum atomic E-state index is -0.598. The maximum Gasteiger partial charge on any atom is 0.322 e. The summed E-state index contributed by atoms with van der Waals surface area (Å²) in [5, 5.41) is 3.45. The van der Waals surface area contributed by atoms with Crippen molar-refractivity contribution in [3.63, 3.8) is 0 Å². The molecular weight excluding hydrogens is 428 g/mol. The second-order valence-corrected chi connectivity index (χ2v) is 8.97. The average Bonchev–Trinajstić information content (AvgIpc) is 3.24. The van der Waals surface area contributed by atoms with Crippen molar-refractivity contribution in [3.05, 3.63) is 58.6 Å². The van der Waals surface area contributed by atoms with Crippen LogP contribution < -0.4 is 10.2 Å². The van der Waals surface area contributed by atoms with E-state index in [1.54, 1.807) is 48.2 Å². The molecule has 1 N–H and O–H groups in total. The zero-order chi connectivity index (χ0) is 22.8. The summed E-state index contributed by atoms with van der Waals surface area (Å²) in [5.74, 6) is -0.122. The summed E-state index contributed by atoms with van der Waals surface area (Å²) in [4.78, 5) is 32.0. The number of methoxy groups -OCH3 is 1. The molecule has 0 spiro atoms. The van der Waals surface area contributed by atoms with Crippen LogP contribution in [-0.4, -0.2) is 68.2 Å². The van der Waals surface area contributed by atoms with Crippen molar-refractivity contribution in [2.75, 3.05) is 44.5 Å². The molecule has 0 bridgehead atoms. The van der Waals surface area contributed by atoms with Crippen LogP contribution in [0, 0.1) is 0 Å². The van der Waals surface area contributed by atoms with E-state index in [0.717, 1.165) is 25.2 Å². The second kappa shape index (κ2) is 9.48. The van der Waals surface area contributed by atoms with Crippen LogP contribution >= 0.6 is 11.6 Å². The van der Waals surface area contributed by atoms with Crippen molar-refractivity contribution in [2.24, 2.45) is 0 Å². The van der Waals surface area contributed by atoms with Gasteiger partial charge in [-0.05, 0) is 61.0 Å². The molecule has 4 rings (SSSR count). The summed E-state index contributed by atoms with van der Waals surface area (Å²) in [6, 6.07) is 12.1. The van der Waals surface area contributed by atoms with Gasteiger partial charge in [0.05, 0.1) is 6.10 Å². The van der Waals surface area contributed by atoms with Crippen LogP contribution in [0.4, 0.5) is 16.2 Å². The average molecular weight is 457 g/mol. The fraction of sp³-hybridized carbons (Fsp3) is 0.417. The summed E-state index contributed by atoms with van der Waals surface area (Å²) in [6.07, 6.45) is 1.24. The SMILES string of the molecule is COC1C[C@H](C(=O)N(C)c2ccc3c(c2)CCN(C)C3)N(C(=O)Nc2ccc(Cl)cc2)C1. The number of likely N-dealkylation sites (tertiary alicyclic amines) is 1. The van der Waals surface area contributed by atoms with Crippen LogP contribution in [0.3, 0.4) is 0 Å². The summed E-state index contributed by atoms with van der Waals surface area (Å²) >= 11 is 5.93. The normalized spacial score (nSPS) is 20.7. The molecular formula is C24H29ClN4O3. The highest BCUT2D eigenvalue weighted by Gasteiger charge is 2.41. The van der Waals surface area contributed by atoms with Crippen molar-refractivity contribution in [1.29, 1.82) is 0 Å². The Morgan fingerprint density at radius 2 is 1.91 bits per heavy atom. The molecule has 1 saturated heterocycles. The molecule has 2 aromatic carbocycles. The third-order valence-corrected chi connectivity index (χ3v) is 6.60. The van der Waals surface area contributed by atoms with E-state index in [1.165, 1.54) is 11.1 Å². The predicted molar refractivity (Wildman–Crippen MR) is 126 cm³/mol. The monoisotopic (exact) mass is 456 g/mol. The van der Waals surface area contributed by atoms with Crippen molar-refractivity contribution >= 4 is 34.9 Å². The number of amides is 3. The van der Waals surface area contributed by atoms with Gasteiger partial charge in [0.1, 0.15) is 6.04 Å². The molecule has 3 amide bonds. The standard InChI is InChI=1S/C24H29ClN4O3/c1-27-11-10-16-12-20(9-4-17(16)14-27)28(2)23(30)22-13-21(32-3)15-29(22)24(31)26-19-7-5-18(25)6-8-19/h4-9,12,21-22H,10-11,13-15H2,1-3H3,(H,26,31)/t21?,22-/m1/s1.